The number of nitrogens with zero attached hydrogens (tertiary/aromatic N) is 5. The summed E-state index contributed by atoms with van der Waals surface area (Å²) in [7, 11) is 0. The first-order chi connectivity index (χ1) is 16.5. The highest BCUT2D eigenvalue weighted by atomic mass is 16.5. The molecular formula is C23H28N8O3. The molecule has 2 aliphatic heterocycles. The van der Waals surface area contributed by atoms with Gasteiger partial charge < -0.3 is 31.0 Å². The van der Waals surface area contributed by atoms with Gasteiger partial charge in [0.15, 0.2) is 11.5 Å². The highest BCUT2D eigenvalue weighted by Crippen LogP contribution is 2.31. The zero-order valence-electron chi connectivity index (χ0n) is 18.8. The third-order valence-electron chi connectivity index (χ3n) is 6.56. The van der Waals surface area contributed by atoms with Crippen LogP contribution in [0.1, 0.15) is 30.4 Å². The maximum absolute atomic E-state index is 12.7. The van der Waals surface area contributed by atoms with Gasteiger partial charge in [0.1, 0.15) is 24.2 Å². The zero-order chi connectivity index (χ0) is 23.7. The number of primary amides is 1. The number of ether oxygens (including phenoxy) is 1. The summed E-state index contributed by atoms with van der Waals surface area (Å²) >= 11 is 0. The number of carbonyl (C=O) groups is 2. The van der Waals surface area contributed by atoms with Crippen LogP contribution in [0.25, 0.3) is 11.2 Å². The van der Waals surface area contributed by atoms with E-state index in [2.05, 4.69) is 30.9 Å². The fourth-order valence-corrected chi connectivity index (χ4v) is 4.85. The largest absolute Gasteiger partial charge is 0.491 e. The number of anilines is 1. The number of H-pyrrole nitrogens is 1. The number of benzene rings is 1. The lowest BCUT2D eigenvalue weighted by atomic mass is 9.98. The maximum atomic E-state index is 12.7. The van der Waals surface area contributed by atoms with Crippen LogP contribution in [-0.4, -0.2) is 68.4 Å². The standard InChI is InChI=1S/C23H28N8O3/c24-17(9-19(25)32)23(33)30-8-6-14-3-1-5-18(16(14)10-30)34-11-15-4-2-7-31(15)22-20-21(27-12-26-20)28-13-29-22/h1,3,5,12-13,15,17H,2,4,6-11,24H2,(H2,25,32)(H,26,27,28,29). The van der Waals surface area contributed by atoms with Crippen molar-refractivity contribution in [2.75, 3.05) is 24.6 Å². The Morgan fingerprint density at radius 1 is 1.24 bits per heavy atom. The van der Waals surface area contributed by atoms with E-state index in [0.717, 1.165) is 47.6 Å². The van der Waals surface area contributed by atoms with Gasteiger partial charge >= 0.3 is 0 Å². The van der Waals surface area contributed by atoms with Crippen LogP contribution in [0.5, 0.6) is 5.75 Å². The van der Waals surface area contributed by atoms with E-state index in [1.165, 1.54) is 0 Å². The topological polar surface area (TPSA) is 156 Å². The van der Waals surface area contributed by atoms with Crippen LogP contribution in [0.3, 0.4) is 0 Å². The fraction of sp³-hybridized carbons (Fsp3) is 0.435. The van der Waals surface area contributed by atoms with E-state index >= 15 is 0 Å². The van der Waals surface area contributed by atoms with Crippen molar-refractivity contribution in [2.45, 2.75) is 44.3 Å². The van der Waals surface area contributed by atoms with Gasteiger partial charge in [-0.15, -0.1) is 0 Å². The molecule has 0 aliphatic carbocycles. The van der Waals surface area contributed by atoms with Crippen molar-refractivity contribution in [3.05, 3.63) is 42.0 Å². The van der Waals surface area contributed by atoms with Gasteiger partial charge in [-0.2, -0.15) is 0 Å². The van der Waals surface area contributed by atoms with E-state index in [4.69, 9.17) is 16.2 Å². The summed E-state index contributed by atoms with van der Waals surface area (Å²) in [6, 6.07) is 5.20. The number of rotatable bonds is 7. The molecule has 2 atom stereocenters. The van der Waals surface area contributed by atoms with Crippen LogP contribution >= 0.6 is 0 Å². The van der Waals surface area contributed by atoms with Gasteiger partial charge in [0.25, 0.3) is 0 Å². The lowest BCUT2D eigenvalue weighted by Gasteiger charge is -2.32. The van der Waals surface area contributed by atoms with Crippen LogP contribution in [-0.2, 0) is 22.6 Å². The van der Waals surface area contributed by atoms with Gasteiger partial charge in [-0.3, -0.25) is 9.59 Å². The van der Waals surface area contributed by atoms with Gasteiger partial charge in [0.2, 0.25) is 11.8 Å². The van der Waals surface area contributed by atoms with Gasteiger partial charge in [-0.25, -0.2) is 15.0 Å². The number of aromatic amines is 1. The number of imidazole rings is 1. The molecule has 34 heavy (non-hydrogen) atoms. The fourth-order valence-electron chi connectivity index (χ4n) is 4.85. The molecular weight excluding hydrogens is 436 g/mol. The van der Waals surface area contributed by atoms with Crippen LogP contribution < -0.4 is 21.1 Å². The van der Waals surface area contributed by atoms with Gasteiger partial charge in [-0.05, 0) is 30.9 Å². The second-order valence-electron chi connectivity index (χ2n) is 8.78. The first kappa shape index (κ1) is 22.1. The first-order valence-corrected chi connectivity index (χ1v) is 11.5. The highest BCUT2D eigenvalue weighted by Gasteiger charge is 2.30. The third kappa shape index (κ3) is 4.26. The molecule has 5 rings (SSSR count). The number of hydrogen-bond acceptors (Lipinski definition) is 8. The molecule has 1 saturated heterocycles. The van der Waals surface area contributed by atoms with E-state index in [9.17, 15) is 9.59 Å². The molecule has 178 valence electrons. The molecule has 1 fully saturated rings. The second kappa shape index (κ2) is 9.26. The van der Waals surface area contributed by atoms with E-state index in [1.807, 2.05) is 12.1 Å². The molecule has 11 heteroatoms. The Morgan fingerprint density at radius 2 is 2.12 bits per heavy atom. The molecule has 0 spiro atoms. The predicted octanol–water partition coefficient (Wildman–Crippen LogP) is 0.488. The summed E-state index contributed by atoms with van der Waals surface area (Å²) in [6.45, 7) is 2.30. The molecule has 0 radical (unpaired) electrons. The molecule has 2 aliphatic rings. The number of nitrogens with one attached hydrogen (secondary N) is 1. The number of hydrogen-bond donors (Lipinski definition) is 3. The molecule has 2 unspecified atom stereocenters. The summed E-state index contributed by atoms with van der Waals surface area (Å²) in [5.41, 5.74) is 14.7. The number of amides is 2. The van der Waals surface area contributed by atoms with Gasteiger partial charge in [0, 0.05) is 25.2 Å². The molecule has 4 heterocycles. The minimum atomic E-state index is -0.925. The maximum Gasteiger partial charge on any atom is 0.240 e. The minimum absolute atomic E-state index is 0.149. The van der Waals surface area contributed by atoms with E-state index < -0.39 is 11.9 Å². The number of carbonyl (C=O) groups excluding carboxylic acids is 2. The molecule has 0 saturated carbocycles. The van der Waals surface area contributed by atoms with Crippen LogP contribution in [0, 0.1) is 0 Å². The number of aromatic nitrogens is 4. The average Bonchev–Trinajstić information content (AvgIpc) is 3.50. The lowest BCUT2D eigenvalue weighted by Crippen LogP contribution is -2.47. The van der Waals surface area contributed by atoms with Crippen molar-refractivity contribution in [1.82, 2.24) is 24.8 Å². The van der Waals surface area contributed by atoms with Gasteiger partial charge in [0.05, 0.1) is 24.8 Å². The Hall–Kier alpha value is -3.73. The molecule has 2 amide bonds. The zero-order valence-corrected chi connectivity index (χ0v) is 18.8. The normalized spacial score (nSPS) is 18.7. The monoisotopic (exact) mass is 464 g/mol. The molecule has 3 aromatic rings. The Bertz CT molecular complexity index is 1210. The average molecular weight is 465 g/mol. The van der Waals surface area contributed by atoms with Crippen LogP contribution in [0.2, 0.25) is 0 Å². The Kier molecular flexibility index (Phi) is 6.01. The minimum Gasteiger partial charge on any atom is -0.491 e. The molecule has 5 N–H and O–H groups in total. The van der Waals surface area contributed by atoms with Crippen molar-refractivity contribution < 1.29 is 14.3 Å². The molecule has 11 nitrogen and oxygen atoms in total. The third-order valence-corrected chi connectivity index (χ3v) is 6.56. The van der Waals surface area contributed by atoms with Crippen molar-refractivity contribution in [3.8, 4) is 5.75 Å². The van der Waals surface area contributed by atoms with E-state index in [1.54, 1.807) is 17.6 Å². The second-order valence-corrected chi connectivity index (χ2v) is 8.78. The van der Waals surface area contributed by atoms with E-state index in [-0.39, 0.29) is 18.4 Å². The SMILES string of the molecule is NC(=O)CC(N)C(=O)N1CCc2cccc(OCC3CCCN3c3ncnc4[nH]cnc34)c2C1. The summed E-state index contributed by atoms with van der Waals surface area (Å²) in [4.78, 5) is 44.0. The molecule has 0 bridgehead atoms. The summed E-state index contributed by atoms with van der Waals surface area (Å²) < 4.78 is 6.33. The Labute approximate surface area is 196 Å². The quantitative estimate of drug-likeness (QED) is 0.456. The van der Waals surface area contributed by atoms with Gasteiger partial charge in [-0.1, -0.05) is 12.1 Å². The van der Waals surface area contributed by atoms with Crippen molar-refractivity contribution in [3.63, 3.8) is 0 Å². The van der Waals surface area contributed by atoms with E-state index in [0.29, 0.717) is 31.8 Å². The lowest BCUT2D eigenvalue weighted by molar-refractivity contribution is -0.135. The van der Waals surface area contributed by atoms with Crippen molar-refractivity contribution >= 4 is 28.8 Å². The van der Waals surface area contributed by atoms with Crippen molar-refractivity contribution in [1.29, 1.82) is 0 Å². The van der Waals surface area contributed by atoms with Crippen LogP contribution in [0.15, 0.2) is 30.9 Å². The highest BCUT2D eigenvalue weighted by molar-refractivity contribution is 5.87. The number of fused-ring (bicyclic) bond motifs is 2. The number of nitrogens with two attached hydrogens (primary N) is 2. The van der Waals surface area contributed by atoms with Crippen molar-refractivity contribution in [2.24, 2.45) is 11.5 Å². The Balaban J connectivity index is 1.30. The first-order valence-electron chi connectivity index (χ1n) is 11.5. The summed E-state index contributed by atoms with van der Waals surface area (Å²) in [6.07, 6.45) is 5.74. The Morgan fingerprint density at radius 3 is 2.97 bits per heavy atom. The molecule has 1 aromatic carbocycles. The molecule has 2 aromatic heterocycles. The predicted molar refractivity (Wildman–Crippen MR) is 125 cm³/mol. The summed E-state index contributed by atoms with van der Waals surface area (Å²) in [5.74, 6) is 0.720. The smallest absolute Gasteiger partial charge is 0.240 e. The summed E-state index contributed by atoms with van der Waals surface area (Å²) in [5, 5.41) is 0. The van der Waals surface area contributed by atoms with Crippen LogP contribution in [0.4, 0.5) is 5.82 Å².